The molecule has 0 atom stereocenters. The summed E-state index contributed by atoms with van der Waals surface area (Å²) in [6.45, 7) is 1.65. The zero-order chi connectivity index (χ0) is 12.8. The molecule has 0 unspecified atom stereocenters. The number of benzene rings is 1. The highest BCUT2D eigenvalue weighted by Crippen LogP contribution is 2.02. The van der Waals surface area contributed by atoms with Crippen molar-refractivity contribution < 1.29 is 5.03 Å². The molecule has 0 spiro atoms. The number of nitrogens with zero attached hydrogens (tertiary/aromatic N) is 3. The van der Waals surface area contributed by atoms with Gasteiger partial charge in [0.1, 0.15) is 0 Å². The minimum atomic E-state index is -0.836. The van der Waals surface area contributed by atoms with Gasteiger partial charge < -0.3 is 15.8 Å². The van der Waals surface area contributed by atoms with E-state index in [4.69, 9.17) is 11.1 Å². The van der Waals surface area contributed by atoms with Crippen molar-refractivity contribution >= 4 is 11.7 Å². The molecule has 7 heteroatoms. The largest absolute Gasteiger partial charge is 0.363 e. The SMILES string of the molecule is C/C(Cc1ccccc1)=N\N(C(=N)N)[N+](=O)[O-]. The number of nitro groups is 1. The lowest BCUT2D eigenvalue weighted by Gasteiger charge is -2.06. The molecule has 0 fully saturated rings. The molecule has 0 amide bonds. The number of hydrazine groups is 1. The summed E-state index contributed by atoms with van der Waals surface area (Å²) < 4.78 is 0. The van der Waals surface area contributed by atoms with Crippen LogP contribution in [0.4, 0.5) is 0 Å². The molecular weight excluding hydrogens is 222 g/mol. The van der Waals surface area contributed by atoms with E-state index in [0.717, 1.165) is 5.56 Å². The summed E-state index contributed by atoms with van der Waals surface area (Å²) in [6.07, 6.45) is 0.471. The lowest BCUT2D eigenvalue weighted by molar-refractivity contribution is -0.631. The molecule has 1 aromatic rings. The fourth-order valence-corrected chi connectivity index (χ4v) is 1.27. The highest BCUT2D eigenvalue weighted by atomic mass is 16.7. The van der Waals surface area contributed by atoms with Crippen molar-refractivity contribution in [1.29, 1.82) is 5.41 Å². The number of guanidine groups is 1. The van der Waals surface area contributed by atoms with Gasteiger partial charge in [0.05, 0.1) is 10.2 Å². The van der Waals surface area contributed by atoms with E-state index < -0.39 is 11.0 Å². The Morgan fingerprint density at radius 3 is 2.59 bits per heavy atom. The molecule has 7 nitrogen and oxygen atoms in total. The van der Waals surface area contributed by atoms with Crippen molar-refractivity contribution in [1.82, 2.24) is 5.12 Å². The van der Waals surface area contributed by atoms with E-state index in [9.17, 15) is 10.1 Å². The summed E-state index contributed by atoms with van der Waals surface area (Å²) in [5, 5.41) is 20.6. The second-order valence-electron chi connectivity index (χ2n) is 3.41. The molecule has 0 aliphatic heterocycles. The highest BCUT2D eigenvalue weighted by Gasteiger charge is 2.17. The van der Waals surface area contributed by atoms with Gasteiger partial charge in [-0.25, -0.2) is 0 Å². The van der Waals surface area contributed by atoms with E-state index >= 15 is 0 Å². The van der Waals surface area contributed by atoms with Gasteiger partial charge in [0, 0.05) is 18.4 Å². The molecule has 0 saturated carbocycles. The standard InChI is InChI=1S/C10H13N5O2/c1-8(7-9-5-3-2-4-6-9)13-14(10(11)12)15(16)17/h2-6H,7H2,1H3,(H3,11,12)/b13-8+. The Kier molecular flexibility index (Phi) is 4.15. The first-order valence-corrected chi connectivity index (χ1v) is 4.87. The van der Waals surface area contributed by atoms with Gasteiger partial charge >= 0.3 is 0 Å². The first kappa shape index (κ1) is 12.6. The molecule has 0 saturated heterocycles. The Labute approximate surface area is 98.2 Å². The van der Waals surface area contributed by atoms with E-state index in [1.807, 2.05) is 30.3 Å². The molecule has 0 bridgehead atoms. The third-order valence-electron chi connectivity index (χ3n) is 1.94. The van der Waals surface area contributed by atoms with Crippen LogP contribution in [0.2, 0.25) is 0 Å². The van der Waals surface area contributed by atoms with Crippen molar-refractivity contribution in [2.75, 3.05) is 0 Å². The number of hydrogen-bond donors (Lipinski definition) is 2. The van der Waals surface area contributed by atoms with Gasteiger partial charge in [-0.15, -0.1) is 0 Å². The average molecular weight is 235 g/mol. The average Bonchev–Trinajstić information content (AvgIpc) is 2.26. The van der Waals surface area contributed by atoms with Crippen LogP contribution in [0.15, 0.2) is 35.4 Å². The second kappa shape index (κ2) is 5.59. The number of nitrogens with one attached hydrogen (secondary N) is 1. The van der Waals surface area contributed by atoms with Gasteiger partial charge in [-0.2, -0.15) is 0 Å². The Balaban J connectivity index is 2.78. The number of rotatable bonds is 4. The predicted octanol–water partition coefficient (Wildman–Crippen LogP) is 0.992. The van der Waals surface area contributed by atoms with Crippen LogP contribution in [0, 0.1) is 15.5 Å². The molecule has 0 aliphatic carbocycles. The van der Waals surface area contributed by atoms with E-state index in [-0.39, 0.29) is 5.12 Å². The number of nitrogens with two attached hydrogens (primary N) is 1. The number of hydrogen-bond acceptors (Lipinski definition) is 4. The highest BCUT2D eigenvalue weighted by molar-refractivity contribution is 5.85. The Morgan fingerprint density at radius 1 is 1.53 bits per heavy atom. The Morgan fingerprint density at radius 2 is 2.12 bits per heavy atom. The molecular formula is C10H13N5O2. The molecule has 1 rings (SSSR count). The second-order valence-corrected chi connectivity index (χ2v) is 3.41. The lowest BCUT2D eigenvalue weighted by atomic mass is 10.1. The van der Waals surface area contributed by atoms with E-state index in [1.54, 1.807) is 6.92 Å². The number of hydrazone groups is 1. The fraction of sp³-hybridized carbons (Fsp3) is 0.200. The maximum absolute atomic E-state index is 10.5. The smallest absolute Gasteiger partial charge is 0.280 e. The molecule has 90 valence electrons. The summed E-state index contributed by atoms with van der Waals surface area (Å²) >= 11 is 0. The van der Waals surface area contributed by atoms with Crippen molar-refractivity contribution in [3.05, 3.63) is 46.0 Å². The lowest BCUT2D eigenvalue weighted by Crippen LogP contribution is -2.37. The van der Waals surface area contributed by atoms with Crippen LogP contribution in [0.5, 0.6) is 0 Å². The van der Waals surface area contributed by atoms with Gasteiger partial charge in [0.15, 0.2) is 5.71 Å². The van der Waals surface area contributed by atoms with Crippen LogP contribution < -0.4 is 5.73 Å². The molecule has 0 aromatic heterocycles. The zero-order valence-corrected chi connectivity index (χ0v) is 9.33. The Hall–Kier alpha value is -2.44. The van der Waals surface area contributed by atoms with Crippen molar-refractivity contribution in [3.8, 4) is 0 Å². The van der Waals surface area contributed by atoms with E-state index in [2.05, 4.69) is 5.10 Å². The van der Waals surface area contributed by atoms with Crippen molar-refractivity contribution in [2.24, 2.45) is 10.8 Å². The summed E-state index contributed by atoms with van der Waals surface area (Å²) in [5.41, 5.74) is 6.53. The van der Waals surface area contributed by atoms with E-state index in [1.165, 1.54) is 0 Å². The van der Waals surface area contributed by atoms with Gasteiger partial charge in [0.2, 0.25) is 0 Å². The first-order chi connectivity index (χ1) is 8.00. The van der Waals surface area contributed by atoms with Crippen molar-refractivity contribution in [3.63, 3.8) is 0 Å². The van der Waals surface area contributed by atoms with Gasteiger partial charge in [-0.1, -0.05) is 30.3 Å². The Bertz CT molecular complexity index is 429. The maximum atomic E-state index is 10.5. The molecule has 0 aliphatic rings. The normalized spacial score (nSPS) is 11.0. The molecule has 17 heavy (non-hydrogen) atoms. The zero-order valence-electron chi connectivity index (χ0n) is 9.33. The monoisotopic (exact) mass is 235 g/mol. The van der Waals surface area contributed by atoms with Crippen LogP contribution in [0.1, 0.15) is 12.5 Å². The molecule has 3 N–H and O–H groups in total. The quantitative estimate of drug-likeness (QED) is 0.351. The maximum Gasteiger partial charge on any atom is 0.280 e. The van der Waals surface area contributed by atoms with Crippen LogP contribution in [-0.4, -0.2) is 21.8 Å². The summed E-state index contributed by atoms with van der Waals surface area (Å²) in [6, 6.07) is 9.42. The minimum absolute atomic E-state index is 0.248. The summed E-state index contributed by atoms with van der Waals surface area (Å²) in [4.78, 5) is 10.5. The van der Waals surface area contributed by atoms with Crippen molar-refractivity contribution in [2.45, 2.75) is 13.3 Å². The van der Waals surface area contributed by atoms with Gasteiger partial charge in [0.25, 0.3) is 5.96 Å². The summed E-state index contributed by atoms with van der Waals surface area (Å²) in [7, 11) is 0. The van der Waals surface area contributed by atoms with Gasteiger partial charge in [-0.05, 0) is 5.56 Å². The molecule has 0 radical (unpaired) electrons. The van der Waals surface area contributed by atoms with Crippen LogP contribution in [-0.2, 0) is 6.42 Å². The fourth-order valence-electron chi connectivity index (χ4n) is 1.27. The minimum Gasteiger partial charge on any atom is -0.363 e. The third-order valence-corrected chi connectivity index (χ3v) is 1.94. The summed E-state index contributed by atoms with van der Waals surface area (Å²) in [5.74, 6) is -0.720. The third kappa shape index (κ3) is 3.90. The topological polar surface area (TPSA) is 109 Å². The molecule has 1 aromatic carbocycles. The van der Waals surface area contributed by atoms with E-state index in [0.29, 0.717) is 12.1 Å². The van der Waals surface area contributed by atoms with Crippen LogP contribution in [0.3, 0.4) is 0 Å². The van der Waals surface area contributed by atoms with Gasteiger partial charge in [-0.3, -0.25) is 5.41 Å². The van der Waals surface area contributed by atoms with Crippen LogP contribution >= 0.6 is 0 Å². The predicted molar refractivity (Wildman–Crippen MR) is 64.0 cm³/mol. The molecule has 0 heterocycles. The first-order valence-electron chi connectivity index (χ1n) is 4.87. The van der Waals surface area contributed by atoms with Crippen LogP contribution in [0.25, 0.3) is 0 Å².